The van der Waals surface area contributed by atoms with Crippen LogP contribution < -0.4 is 5.32 Å². The molecule has 17 heavy (non-hydrogen) atoms. The maximum Gasteiger partial charge on any atom is 0.0109 e. The van der Waals surface area contributed by atoms with Crippen LogP contribution in [0.4, 0.5) is 0 Å². The van der Waals surface area contributed by atoms with Crippen LogP contribution in [-0.4, -0.2) is 67.4 Å². The molecule has 0 aromatic rings. The van der Waals surface area contributed by atoms with Crippen molar-refractivity contribution in [1.29, 1.82) is 0 Å². The number of hydrogen-bond acceptors (Lipinski definition) is 4. The van der Waals surface area contributed by atoms with E-state index in [1.165, 1.54) is 52.1 Å². The SMILES string of the molecule is CCN(CC)CCN1CCC(NCCS)CC1. The normalized spacial score (nSPS) is 19.1. The van der Waals surface area contributed by atoms with Gasteiger partial charge < -0.3 is 15.1 Å². The van der Waals surface area contributed by atoms with Gasteiger partial charge in [-0.15, -0.1) is 0 Å². The molecular weight excluding hydrogens is 230 g/mol. The summed E-state index contributed by atoms with van der Waals surface area (Å²) in [5, 5.41) is 3.57. The fraction of sp³-hybridized carbons (Fsp3) is 1.00. The molecule has 0 bridgehead atoms. The molecule has 0 aliphatic carbocycles. The monoisotopic (exact) mass is 259 g/mol. The van der Waals surface area contributed by atoms with Crippen molar-refractivity contribution in [2.45, 2.75) is 32.7 Å². The van der Waals surface area contributed by atoms with Crippen LogP contribution in [0.2, 0.25) is 0 Å². The lowest BCUT2D eigenvalue weighted by molar-refractivity contribution is 0.170. The molecule has 0 saturated carbocycles. The predicted octanol–water partition coefficient (Wildman–Crippen LogP) is 1.31. The van der Waals surface area contributed by atoms with Crippen molar-refractivity contribution in [3.8, 4) is 0 Å². The summed E-state index contributed by atoms with van der Waals surface area (Å²) in [6, 6.07) is 0.729. The van der Waals surface area contributed by atoms with Gasteiger partial charge in [-0.3, -0.25) is 0 Å². The minimum Gasteiger partial charge on any atom is -0.313 e. The highest BCUT2D eigenvalue weighted by Crippen LogP contribution is 2.09. The van der Waals surface area contributed by atoms with Gasteiger partial charge in [0.2, 0.25) is 0 Å². The summed E-state index contributed by atoms with van der Waals surface area (Å²) in [5.41, 5.74) is 0. The summed E-state index contributed by atoms with van der Waals surface area (Å²) in [5.74, 6) is 0.947. The summed E-state index contributed by atoms with van der Waals surface area (Å²) < 4.78 is 0. The molecule has 1 rings (SSSR count). The summed E-state index contributed by atoms with van der Waals surface area (Å²) in [6.07, 6.45) is 2.60. The first kappa shape index (κ1) is 15.3. The molecule has 0 unspecified atom stereocenters. The Labute approximate surface area is 112 Å². The zero-order chi connectivity index (χ0) is 12.5. The lowest BCUT2D eigenvalue weighted by Crippen LogP contribution is -2.45. The van der Waals surface area contributed by atoms with E-state index in [1.807, 2.05) is 0 Å². The van der Waals surface area contributed by atoms with E-state index in [9.17, 15) is 0 Å². The second-order valence-electron chi connectivity index (χ2n) is 4.82. The maximum absolute atomic E-state index is 4.24. The number of thiol groups is 1. The molecule has 0 aromatic carbocycles. The molecule has 1 N–H and O–H groups in total. The standard InChI is InChI=1S/C13H29N3S/c1-3-15(4-2)10-11-16-8-5-13(6-9-16)14-7-12-17/h13-14,17H,3-12H2,1-2H3. The lowest BCUT2D eigenvalue weighted by Gasteiger charge is -2.33. The van der Waals surface area contributed by atoms with Gasteiger partial charge in [0.25, 0.3) is 0 Å². The molecule has 0 aromatic heterocycles. The molecule has 0 radical (unpaired) electrons. The quantitative estimate of drug-likeness (QED) is 0.641. The Hall–Kier alpha value is 0.230. The van der Waals surface area contributed by atoms with Crippen LogP contribution in [0.15, 0.2) is 0 Å². The van der Waals surface area contributed by atoms with E-state index in [0.29, 0.717) is 0 Å². The molecule has 102 valence electrons. The van der Waals surface area contributed by atoms with Gasteiger partial charge in [0, 0.05) is 31.4 Å². The summed E-state index contributed by atoms with van der Waals surface area (Å²) in [4.78, 5) is 5.11. The molecule has 1 heterocycles. The van der Waals surface area contributed by atoms with Gasteiger partial charge in [-0.2, -0.15) is 12.6 Å². The van der Waals surface area contributed by atoms with Gasteiger partial charge in [0.15, 0.2) is 0 Å². The number of piperidine rings is 1. The van der Waals surface area contributed by atoms with Crippen LogP contribution in [0, 0.1) is 0 Å². The minimum atomic E-state index is 0.729. The van der Waals surface area contributed by atoms with Crippen molar-refractivity contribution in [2.24, 2.45) is 0 Å². The van der Waals surface area contributed by atoms with Gasteiger partial charge in [-0.25, -0.2) is 0 Å². The van der Waals surface area contributed by atoms with Gasteiger partial charge in [-0.05, 0) is 39.0 Å². The highest BCUT2D eigenvalue weighted by molar-refractivity contribution is 7.80. The van der Waals surface area contributed by atoms with E-state index in [4.69, 9.17) is 0 Å². The first-order valence-corrected chi connectivity index (χ1v) is 7.72. The Morgan fingerprint density at radius 1 is 1.24 bits per heavy atom. The Bertz CT molecular complexity index is 178. The van der Waals surface area contributed by atoms with Crippen molar-refractivity contribution in [1.82, 2.24) is 15.1 Å². The third-order valence-corrected chi connectivity index (χ3v) is 3.98. The number of likely N-dealkylation sites (tertiary alicyclic amines) is 1. The van der Waals surface area contributed by atoms with Gasteiger partial charge in [0.05, 0.1) is 0 Å². The summed E-state index contributed by atoms with van der Waals surface area (Å²) >= 11 is 4.24. The molecular formula is C13H29N3S. The highest BCUT2D eigenvalue weighted by Gasteiger charge is 2.18. The van der Waals surface area contributed by atoms with Crippen LogP contribution in [0.3, 0.4) is 0 Å². The van der Waals surface area contributed by atoms with E-state index >= 15 is 0 Å². The fourth-order valence-electron chi connectivity index (χ4n) is 2.45. The zero-order valence-corrected chi connectivity index (χ0v) is 12.4. The summed E-state index contributed by atoms with van der Waals surface area (Å²) in [7, 11) is 0. The van der Waals surface area contributed by atoms with Crippen molar-refractivity contribution >= 4 is 12.6 Å². The number of likely N-dealkylation sites (N-methyl/N-ethyl adjacent to an activating group) is 1. The van der Waals surface area contributed by atoms with E-state index in [-0.39, 0.29) is 0 Å². The third-order valence-electron chi connectivity index (χ3n) is 3.76. The van der Waals surface area contributed by atoms with E-state index in [2.05, 4.69) is 41.6 Å². The predicted molar refractivity (Wildman–Crippen MR) is 79.1 cm³/mol. The molecule has 0 amide bonds. The molecule has 1 fully saturated rings. The minimum absolute atomic E-state index is 0.729. The van der Waals surface area contributed by atoms with E-state index in [0.717, 1.165) is 18.3 Å². The fourth-order valence-corrected chi connectivity index (χ4v) is 2.58. The summed E-state index contributed by atoms with van der Waals surface area (Å²) in [6.45, 7) is 12.9. The highest BCUT2D eigenvalue weighted by atomic mass is 32.1. The Kier molecular flexibility index (Phi) is 8.27. The van der Waals surface area contributed by atoms with Crippen LogP contribution in [0.5, 0.6) is 0 Å². The Balaban J connectivity index is 2.10. The van der Waals surface area contributed by atoms with Crippen molar-refractivity contribution in [2.75, 3.05) is 51.6 Å². The Morgan fingerprint density at radius 3 is 2.41 bits per heavy atom. The largest absolute Gasteiger partial charge is 0.313 e. The number of hydrogen-bond donors (Lipinski definition) is 2. The van der Waals surface area contributed by atoms with Gasteiger partial charge in [-0.1, -0.05) is 13.8 Å². The second kappa shape index (κ2) is 9.20. The first-order valence-electron chi connectivity index (χ1n) is 7.09. The number of nitrogens with one attached hydrogen (secondary N) is 1. The first-order chi connectivity index (χ1) is 8.30. The zero-order valence-electron chi connectivity index (χ0n) is 11.5. The number of nitrogens with zero attached hydrogens (tertiary/aromatic N) is 2. The van der Waals surface area contributed by atoms with E-state index < -0.39 is 0 Å². The number of rotatable bonds is 8. The molecule has 0 atom stereocenters. The van der Waals surface area contributed by atoms with E-state index in [1.54, 1.807) is 0 Å². The molecule has 3 nitrogen and oxygen atoms in total. The average Bonchev–Trinajstić information content (AvgIpc) is 2.39. The second-order valence-corrected chi connectivity index (χ2v) is 5.27. The lowest BCUT2D eigenvalue weighted by atomic mass is 10.1. The van der Waals surface area contributed by atoms with Gasteiger partial charge in [0.1, 0.15) is 0 Å². The molecule has 1 aliphatic heterocycles. The molecule has 0 spiro atoms. The topological polar surface area (TPSA) is 18.5 Å². The van der Waals surface area contributed by atoms with Crippen LogP contribution in [-0.2, 0) is 0 Å². The van der Waals surface area contributed by atoms with Crippen molar-refractivity contribution < 1.29 is 0 Å². The molecule has 1 aliphatic rings. The Morgan fingerprint density at radius 2 is 1.88 bits per heavy atom. The average molecular weight is 259 g/mol. The van der Waals surface area contributed by atoms with Gasteiger partial charge >= 0.3 is 0 Å². The van der Waals surface area contributed by atoms with Crippen molar-refractivity contribution in [3.63, 3.8) is 0 Å². The smallest absolute Gasteiger partial charge is 0.0109 e. The van der Waals surface area contributed by atoms with Crippen LogP contribution in [0.25, 0.3) is 0 Å². The maximum atomic E-state index is 4.24. The van der Waals surface area contributed by atoms with Crippen LogP contribution in [0.1, 0.15) is 26.7 Å². The third kappa shape index (κ3) is 6.09. The van der Waals surface area contributed by atoms with Crippen molar-refractivity contribution in [3.05, 3.63) is 0 Å². The molecule has 4 heteroatoms. The van der Waals surface area contributed by atoms with Crippen LogP contribution >= 0.6 is 12.6 Å². The molecule has 1 saturated heterocycles.